The molecule has 1 aliphatic heterocycles. The topological polar surface area (TPSA) is 63.4 Å². The van der Waals surface area contributed by atoms with Gasteiger partial charge in [0, 0.05) is 27.6 Å². The number of hydrogen-bond acceptors (Lipinski definition) is 3. The van der Waals surface area contributed by atoms with Crippen LogP contribution in [0.2, 0.25) is 0 Å². The van der Waals surface area contributed by atoms with E-state index in [1.54, 1.807) is 42.5 Å². The van der Waals surface area contributed by atoms with Gasteiger partial charge in [-0.1, -0.05) is 24.3 Å². The van der Waals surface area contributed by atoms with E-state index in [9.17, 15) is 14.0 Å². The zero-order chi connectivity index (χ0) is 16.8. The summed E-state index contributed by atoms with van der Waals surface area (Å²) in [5.74, 6) is -1.10. The van der Waals surface area contributed by atoms with Crippen molar-refractivity contribution in [3.63, 3.8) is 0 Å². The van der Waals surface area contributed by atoms with Crippen molar-refractivity contribution in [1.29, 1.82) is 0 Å². The number of hydrogen-bond donors (Lipinski definition) is 1. The fourth-order valence-corrected chi connectivity index (χ4v) is 3.08. The summed E-state index contributed by atoms with van der Waals surface area (Å²) >= 11 is 0. The first-order valence-corrected chi connectivity index (χ1v) is 7.48. The van der Waals surface area contributed by atoms with Gasteiger partial charge in [0.05, 0.1) is 6.54 Å². The van der Waals surface area contributed by atoms with E-state index in [1.165, 1.54) is 17.0 Å². The SMILES string of the molecule is Nc1ccc2c3c(cccc13)C(=O)N(Cc1ccc(F)cc1)C2=O. The second-order valence-corrected chi connectivity index (χ2v) is 5.75. The summed E-state index contributed by atoms with van der Waals surface area (Å²) in [5.41, 5.74) is 8.09. The third-order valence-corrected chi connectivity index (χ3v) is 4.28. The van der Waals surface area contributed by atoms with Gasteiger partial charge in [0.15, 0.2) is 0 Å². The Morgan fingerprint density at radius 3 is 2.25 bits per heavy atom. The van der Waals surface area contributed by atoms with Crippen LogP contribution in [0.15, 0.2) is 54.6 Å². The first kappa shape index (κ1) is 14.4. The maximum Gasteiger partial charge on any atom is 0.261 e. The number of anilines is 1. The Morgan fingerprint density at radius 2 is 1.54 bits per heavy atom. The Labute approximate surface area is 137 Å². The summed E-state index contributed by atoms with van der Waals surface area (Å²) in [7, 11) is 0. The van der Waals surface area contributed by atoms with E-state index in [1.807, 2.05) is 0 Å². The molecule has 4 nitrogen and oxygen atoms in total. The summed E-state index contributed by atoms with van der Waals surface area (Å²) in [6.45, 7) is 0.0954. The van der Waals surface area contributed by atoms with E-state index in [-0.39, 0.29) is 24.2 Å². The molecule has 0 saturated carbocycles. The number of rotatable bonds is 2. The molecule has 0 aliphatic carbocycles. The van der Waals surface area contributed by atoms with Crippen LogP contribution < -0.4 is 5.73 Å². The summed E-state index contributed by atoms with van der Waals surface area (Å²) in [4.78, 5) is 26.8. The molecule has 1 heterocycles. The van der Waals surface area contributed by atoms with E-state index >= 15 is 0 Å². The van der Waals surface area contributed by atoms with Crippen molar-refractivity contribution >= 4 is 28.3 Å². The van der Waals surface area contributed by atoms with Gasteiger partial charge in [0.2, 0.25) is 0 Å². The molecule has 1 aliphatic rings. The maximum atomic E-state index is 13.0. The number of carbonyl (C=O) groups excluding carboxylic acids is 2. The Balaban J connectivity index is 1.83. The van der Waals surface area contributed by atoms with Gasteiger partial charge < -0.3 is 5.73 Å². The molecule has 118 valence electrons. The van der Waals surface area contributed by atoms with Crippen molar-refractivity contribution in [3.8, 4) is 0 Å². The second kappa shape index (κ2) is 5.16. The molecule has 24 heavy (non-hydrogen) atoms. The lowest BCUT2D eigenvalue weighted by molar-refractivity contribution is 0.0598. The molecule has 2 N–H and O–H groups in total. The van der Waals surface area contributed by atoms with Crippen LogP contribution in [0, 0.1) is 5.82 Å². The number of carbonyl (C=O) groups is 2. The molecule has 0 unspecified atom stereocenters. The van der Waals surface area contributed by atoms with Gasteiger partial charge >= 0.3 is 0 Å². The number of benzene rings is 3. The molecular weight excluding hydrogens is 307 g/mol. The number of imide groups is 1. The van der Waals surface area contributed by atoms with Crippen molar-refractivity contribution in [2.24, 2.45) is 0 Å². The lowest BCUT2D eigenvalue weighted by Crippen LogP contribution is -2.39. The van der Waals surface area contributed by atoms with Crippen molar-refractivity contribution in [1.82, 2.24) is 4.90 Å². The second-order valence-electron chi connectivity index (χ2n) is 5.75. The molecule has 3 aromatic rings. The van der Waals surface area contributed by atoms with Gasteiger partial charge in [-0.3, -0.25) is 14.5 Å². The highest BCUT2D eigenvalue weighted by molar-refractivity contribution is 6.26. The zero-order valence-corrected chi connectivity index (χ0v) is 12.6. The third-order valence-electron chi connectivity index (χ3n) is 4.28. The van der Waals surface area contributed by atoms with E-state index in [4.69, 9.17) is 5.73 Å². The van der Waals surface area contributed by atoms with Crippen LogP contribution in [0.1, 0.15) is 26.3 Å². The zero-order valence-electron chi connectivity index (χ0n) is 12.6. The summed E-state index contributed by atoms with van der Waals surface area (Å²) in [6.07, 6.45) is 0. The number of halogens is 1. The molecule has 0 bridgehead atoms. The minimum Gasteiger partial charge on any atom is -0.398 e. The van der Waals surface area contributed by atoms with E-state index < -0.39 is 0 Å². The smallest absolute Gasteiger partial charge is 0.261 e. The molecule has 0 atom stereocenters. The summed E-state index contributed by atoms with van der Waals surface area (Å²) < 4.78 is 13.0. The van der Waals surface area contributed by atoms with Crippen LogP contribution in [0.25, 0.3) is 10.8 Å². The van der Waals surface area contributed by atoms with Crippen molar-refractivity contribution in [3.05, 3.63) is 77.1 Å². The number of nitrogens with two attached hydrogens (primary N) is 1. The average Bonchev–Trinajstić information content (AvgIpc) is 2.59. The number of nitrogen functional groups attached to an aromatic ring is 1. The highest BCUT2D eigenvalue weighted by atomic mass is 19.1. The van der Waals surface area contributed by atoms with Crippen molar-refractivity contribution in [2.75, 3.05) is 5.73 Å². The average molecular weight is 320 g/mol. The predicted molar refractivity (Wildman–Crippen MR) is 89.0 cm³/mol. The fraction of sp³-hybridized carbons (Fsp3) is 0.0526. The minimum atomic E-state index is -0.368. The molecule has 0 radical (unpaired) electrons. The van der Waals surface area contributed by atoms with Crippen LogP contribution >= 0.6 is 0 Å². The Hall–Kier alpha value is -3.21. The van der Waals surface area contributed by atoms with E-state index in [0.717, 1.165) is 0 Å². The van der Waals surface area contributed by atoms with Crippen LogP contribution in [-0.2, 0) is 6.54 Å². The van der Waals surface area contributed by atoms with Gasteiger partial charge in [-0.05, 0) is 35.9 Å². The van der Waals surface area contributed by atoms with Crippen LogP contribution in [0.4, 0.5) is 10.1 Å². The normalized spacial score (nSPS) is 13.6. The number of nitrogens with zero attached hydrogens (tertiary/aromatic N) is 1. The van der Waals surface area contributed by atoms with Gasteiger partial charge in [0.25, 0.3) is 11.8 Å². The molecule has 0 aromatic heterocycles. The van der Waals surface area contributed by atoms with Gasteiger partial charge in [-0.2, -0.15) is 0 Å². The predicted octanol–water partition coefficient (Wildman–Crippen LogP) is 3.36. The Kier molecular flexibility index (Phi) is 3.09. The standard InChI is InChI=1S/C19H13FN2O2/c20-12-6-4-11(5-7-12)10-22-18(23)14-3-1-2-13-16(21)9-8-15(17(13)14)19(22)24/h1-9H,10,21H2. The number of amides is 2. The molecular formula is C19H13FN2O2. The van der Waals surface area contributed by atoms with Gasteiger partial charge in [0.1, 0.15) is 5.82 Å². The van der Waals surface area contributed by atoms with Gasteiger partial charge in [-0.15, -0.1) is 0 Å². The van der Waals surface area contributed by atoms with Crippen molar-refractivity contribution < 1.29 is 14.0 Å². The van der Waals surface area contributed by atoms with E-state index in [2.05, 4.69) is 0 Å². The molecule has 2 amide bonds. The molecule has 3 aromatic carbocycles. The quantitative estimate of drug-likeness (QED) is 0.582. The first-order valence-electron chi connectivity index (χ1n) is 7.48. The van der Waals surface area contributed by atoms with Crippen LogP contribution in [0.3, 0.4) is 0 Å². The Bertz CT molecular complexity index is 974. The summed E-state index contributed by atoms with van der Waals surface area (Å²) in [5, 5.41) is 1.30. The highest BCUT2D eigenvalue weighted by Gasteiger charge is 2.33. The highest BCUT2D eigenvalue weighted by Crippen LogP contribution is 2.33. The van der Waals surface area contributed by atoms with Crippen LogP contribution in [-0.4, -0.2) is 16.7 Å². The molecule has 0 saturated heterocycles. The van der Waals surface area contributed by atoms with Crippen LogP contribution in [0.5, 0.6) is 0 Å². The molecule has 4 rings (SSSR count). The monoisotopic (exact) mass is 320 g/mol. The molecule has 5 heteroatoms. The summed E-state index contributed by atoms with van der Waals surface area (Å²) in [6, 6.07) is 14.3. The van der Waals surface area contributed by atoms with Gasteiger partial charge in [-0.25, -0.2) is 4.39 Å². The maximum absolute atomic E-state index is 13.0. The largest absolute Gasteiger partial charge is 0.398 e. The Morgan fingerprint density at radius 1 is 0.875 bits per heavy atom. The van der Waals surface area contributed by atoms with E-state index in [0.29, 0.717) is 33.2 Å². The van der Waals surface area contributed by atoms with Crippen molar-refractivity contribution in [2.45, 2.75) is 6.54 Å². The molecule has 0 fully saturated rings. The minimum absolute atomic E-state index is 0.0954. The first-order chi connectivity index (χ1) is 11.6. The lowest BCUT2D eigenvalue weighted by Gasteiger charge is -2.27. The molecule has 0 spiro atoms. The fourth-order valence-electron chi connectivity index (χ4n) is 3.08. The third kappa shape index (κ3) is 2.06. The lowest BCUT2D eigenvalue weighted by atomic mass is 9.93.